The molecule has 0 heterocycles. The zero-order valence-corrected chi connectivity index (χ0v) is 34.6. The number of hydrogen-bond donors (Lipinski definition) is 5. The van der Waals surface area contributed by atoms with Crippen LogP contribution in [0, 0.1) is 0 Å². The lowest BCUT2D eigenvalue weighted by Gasteiger charge is -2.27. The quantitative estimate of drug-likeness (QED) is 0.0317. The van der Waals surface area contributed by atoms with E-state index in [1.54, 1.807) is 0 Å². The summed E-state index contributed by atoms with van der Waals surface area (Å²) in [5.74, 6) is -0.587. The van der Waals surface area contributed by atoms with Gasteiger partial charge in [-0.3, -0.25) is 4.79 Å². The molecule has 4 atom stereocenters. The summed E-state index contributed by atoms with van der Waals surface area (Å²) in [6.45, 7) is 4.01. The first-order valence-electron chi connectivity index (χ1n) is 22.7. The third kappa shape index (κ3) is 34.6. The minimum absolute atomic E-state index is 0.368. The van der Waals surface area contributed by atoms with Crippen molar-refractivity contribution in [3.63, 3.8) is 0 Å². The van der Waals surface area contributed by atoms with Crippen LogP contribution in [0.1, 0.15) is 232 Å². The minimum atomic E-state index is -1.25. The Hall–Kier alpha value is -1.21. The number of unbranched alkanes of at least 4 members (excludes halogenated alkanes) is 28. The number of nitrogens with one attached hydrogen (secondary N) is 1. The second kappa shape index (κ2) is 41.0. The van der Waals surface area contributed by atoms with E-state index in [-0.39, 0.29) is 0 Å². The second-order valence-corrected chi connectivity index (χ2v) is 15.8. The lowest BCUT2D eigenvalue weighted by atomic mass is 9.99. The molecule has 0 aliphatic carbocycles. The Balaban J connectivity index is 3.60. The van der Waals surface area contributed by atoms with E-state index in [2.05, 4.69) is 43.5 Å². The number of allylic oxidation sites excluding steroid dienone is 4. The summed E-state index contributed by atoms with van der Waals surface area (Å²) >= 11 is 0. The highest BCUT2D eigenvalue weighted by molar-refractivity contribution is 5.80. The van der Waals surface area contributed by atoms with Crippen molar-refractivity contribution in [2.24, 2.45) is 0 Å². The Kier molecular flexibility index (Phi) is 40.0. The van der Waals surface area contributed by atoms with Crippen molar-refractivity contribution in [3.05, 3.63) is 24.3 Å². The molecule has 0 aromatic heterocycles. The van der Waals surface area contributed by atoms with Crippen molar-refractivity contribution in [2.75, 3.05) is 6.61 Å². The summed E-state index contributed by atoms with van der Waals surface area (Å²) in [4.78, 5) is 12.5. The van der Waals surface area contributed by atoms with Crippen molar-refractivity contribution in [3.8, 4) is 0 Å². The third-order valence-electron chi connectivity index (χ3n) is 10.7. The molecule has 0 aromatic rings. The molecule has 6 nitrogen and oxygen atoms in total. The van der Waals surface area contributed by atoms with Crippen LogP contribution in [0.5, 0.6) is 0 Å². The van der Waals surface area contributed by atoms with Crippen LogP contribution in [0.2, 0.25) is 0 Å². The largest absolute Gasteiger partial charge is 0.394 e. The lowest BCUT2D eigenvalue weighted by Crippen LogP contribution is -2.53. The fraction of sp³-hybridized carbons (Fsp3) is 0.891. The molecule has 6 heteroatoms. The van der Waals surface area contributed by atoms with Crippen LogP contribution >= 0.6 is 0 Å². The molecule has 0 rings (SSSR count). The van der Waals surface area contributed by atoms with Crippen LogP contribution in [-0.4, -0.2) is 57.3 Å². The summed E-state index contributed by atoms with van der Waals surface area (Å²) in [5, 5.41) is 43.4. The van der Waals surface area contributed by atoms with E-state index in [1.807, 2.05) is 0 Å². The third-order valence-corrected chi connectivity index (χ3v) is 10.7. The second-order valence-electron chi connectivity index (χ2n) is 15.8. The SMILES string of the molecule is CCCCCCCCCCC/C=C\C/C=C\CCCCCCCCCCCCCCC(O)C(=O)NC(CO)C(O)C(O)CCCCCCCCCC. The highest BCUT2D eigenvalue weighted by Crippen LogP contribution is 2.16. The van der Waals surface area contributed by atoms with Gasteiger partial charge in [0.25, 0.3) is 0 Å². The smallest absolute Gasteiger partial charge is 0.249 e. The molecule has 4 unspecified atom stereocenters. The van der Waals surface area contributed by atoms with E-state index < -0.39 is 36.9 Å². The Bertz CT molecular complexity index is 787. The molecule has 308 valence electrons. The monoisotopic (exact) mass is 736 g/mol. The van der Waals surface area contributed by atoms with Gasteiger partial charge in [-0.15, -0.1) is 0 Å². The molecule has 52 heavy (non-hydrogen) atoms. The highest BCUT2D eigenvalue weighted by atomic mass is 16.3. The maximum absolute atomic E-state index is 12.5. The number of amides is 1. The molecule has 1 amide bonds. The van der Waals surface area contributed by atoms with Gasteiger partial charge in [-0.05, 0) is 44.9 Å². The van der Waals surface area contributed by atoms with Crippen molar-refractivity contribution in [1.82, 2.24) is 5.32 Å². The molecule has 0 aromatic carbocycles. The number of carbonyl (C=O) groups is 1. The molecule has 0 spiro atoms. The van der Waals surface area contributed by atoms with Gasteiger partial charge in [-0.2, -0.15) is 0 Å². The van der Waals surface area contributed by atoms with Crippen LogP contribution in [-0.2, 0) is 4.79 Å². The van der Waals surface area contributed by atoms with Crippen LogP contribution in [0.4, 0.5) is 0 Å². The van der Waals surface area contributed by atoms with Gasteiger partial charge < -0.3 is 25.7 Å². The summed E-state index contributed by atoms with van der Waals surface area (Å²) in [5.41, 5.74) is 0. The predicted molar refractivity (Wildman–Crippen MR) is 224 cm³/mol. The summed E-state index contributed by atoms with van der Waals surface area (Å²) in [6.07, 6.45) is 46.7. The first-order valence-corrected chi connectivity index (χ1v) is 22.7. The van der Waals surface area contributed by atoms with Crippen molar-refractivity contribution >= 4 is 5.91 Å². The van der Waals surface area contributed by atoms with Crippen LogP contribution in [0.25, 0.3) is 0 Å². The van der Waals surface area contributed by atoms with Gasteiger partial charge in [0, 0.05) is 0 Å². The van der Waals surface area contributed by atoms with E-state index >= 15 is 0 Å². The van der Waals surface area contributed by atoms with Crippen molar-refractivity contribution < 1.29 is 25.2 Å². The normalized spacial score (nSPS) is 14.3. The van der Waals surface area contributed by atoms with Crippen LogP contribution in [0.15, 0.2) is 24.3 Å². The molecule has 0 saturated heterocycles. The number of aliphatic hydroxyl groups is 4. The lowest BCUT2D eigenvalue weighted by molar-refractivity contribution is -0.132. The molecule has 0 saturated carbocycles. The molecular formula is C46H89NO5. The minimum Gasteiger partial charge on any atom is -0.394 e. The predicted octanol–water partition coefficient (Wildman–Crippen LogP) is 12.0. The number of rotatable bonds is 41. The van der Waals surface area contributed by atoms with Gasteiger partial charge >= 0.3 is 0 Å². The maximum atomic E-state index is 12.5. The Labute approximate surface area is 323 Å². The fourth-order valence-corrected chi connectivity index (χ4v) is 7.02. The summed E-state index contributed by atoms with van der Waals surface area (Å²) in [7, 11) is 0. The number of hydrogen-bond acceptors (Lipinski definition) is 5. The average Bonchev–Trinajstić information content (AvgIpc) is 3.15. The zero-order chi connectivity index (χ0) is 38.2. The fourth-order valence-electron chi connectivity index (χ4n) is 7.02. The molecule has 5 N–H and O–H groups in total. The zero-order valence-electron chi connectivity index (χ0n) is 34.6. The van der Waals surface area contributed by atoms with E-state index in [1.165, 1.54) is 161 Å². The molecule has 0 radical (unpaired) electrons. The van der Waals surface area contributed by atoms with E-state index in [0.717, 1.165) is 44.9 Å². The summed E-state index contributed by atoms with van der Waals surface area (Å²) < 4.78 is 0. The number of aliphatic hydroxyl groups excluding tert-OH is 4. The Morgan fingerprint density at radius 1 is 0.481 bits per heavy atom. The maximum Gasteiger partial charge on any atom is 0.249 e. The highest BCUT2D eigenvalue weighted by Gasteiger charge is 2.28. The van der Waals surface area contributed by atoms with Crippen molar-refractivity contribution in [1.29, 1.82) is 0 Å². The van der Waals surface area contributed by atoms with Gasteiger partial charge in [0.05, 0.1) is 18.8 Å². The Morgan fingerprint density at radius 3 is 1.21 bits per heavy atom. The van der Waals surface area contributed by atoms with Crippen molar-refractivity contribution in [2.45, 2.75) is 257 Å². The van der Waals surface area contributed by atoms with E-state index in [0.29, 0.717) is 12.8 Å². The molecule has 0 fully saturated rings. The average molecular weight is 736 g/mol. The van der Waals surface area contributed by atoms with Crippen LogP contribution in [0.3, 0.4) is 0 Å². The van der Waals surface area contributed by atoms with Gasteiger partial charge in [0.2, 0.25) is 5.91 Å². The van der Waals surface area contributed by atoms with E-state index in [9.17, 15) is 25.2 Å². The molecule has 0 aliphatic rings. The van der Waals surface area contributed by atoms with E-state index in [4.69, 9.17) is 0 Å². The first kappa shape index (κ1) is 50.8. The summed E-state index contributed by atoms with van der Waals surface area (Å²) in [6, 6.07) is -0.982. The van der Waals surface area contributed by atoms with Gasteiger partial charge in [0.15, 0.2) is 0 Å². The number of carbonyl (C=O) groups excluding carboxylic acids is 1. The van der Waals surface area contributed by atoms with Gasteiger partial charge in [-0.1, -0.05) is 212 Å². The molecular weight excluding hydrogens is 647 g/mol. The molecule has 0 bridgehead atoms. The van der Waals surface area contributed by atoms with Gasteiger partial charge in [-0.25, -0.2) is 0 Å². The Morgan fingerprint density at radius 2 is 0.827 bits per heavy atom. The van der Waals surface area contributed by atoms with Gasteiger partial charge in [0.1, 0.15) is 12.2 Å². The van der Waals surface area contributed by atoms with Crippen LogP contribution < -0.4 is 5.32 Å². The topological polar surface area (TPSA) is 110 Å². The molecule has 0 aliphatic heterocycles. The standard InChI is InChI=1S/C46H89NO5/c1-3-5-7-9-11-13-14-15-16-17-18-19-20-21-22-23-24-25-26-27-28-29-30-31-32-34-36-38-40-44(50)46(52)47-42(41-48)45(51)43(49)39-37-35-33-12-10-8-6-4-2/h18-19,21-22,42-45,48-51H,3-17,20,23-41H2,1-2H3,(H,47,52)/b19-18-,22-21-. The first-order chi connectivity index (χ1) is 25.5.